The van der Waals surface area contributed by atoms with Gasteiger partial charge in [-0.05, 0) is 47.2 Å². The van der Waals surface area contributed by atoms with Gasteiger partial charge in [0.2, 0.25) is 5.91 Å². The van der Waals surface area contributed by atoms with Crippen LogP contribution in [-0.4, -0.2) is 10.5 Å². The summed E-state index contributed by atoms with van der Waals surface area (Å²) in [6.07, 6.45) is 0. The number of nitrogens with one attached hydrogen (secondary N) is 1. The molecule has 0 fully saturated rings. The Balaban J connectivity index is 2.55. The largest absolute Gasteiger partial charge is 0.325 e. The Bertz CT molecular complexity index is 586. The maximum absolute atomic E-state index is 11.4. The second-order valence-electron chi connectivity index (χ2n) is 4.37. The predicted octanol–water partition coefficient (Wildman–Crippen LogP) is 3.74. The topological polar surface area (TPSA) is 49.3 Å². The van der Waals surface area contributed by atoms with Crippen molar-refractivity contribution in [2.75, 3.05) is 0 Å². The molecule has 3 nitrogen and oxygen atoms in total. The van der Waals surface area contributed by atoms with Crippen LogP contribution in [0.4, 0.5) is 0 Å². The van der Waals surface area contributed by atoms with E-state index in [1.165, 1.54) is 6.92 Å². The monoisotopic (exact) mass is 275 g/mol. The standard InChI is InChI=1S/C15H17NO2S/c1-12-7-6-10-15(11-12)19(18,16-13(2)17)14-8-4-3-5-9-14/h3-11,18H,1-2H3,(H,16,17). The van der Waals surface area contributed by atoms with Crippen molar-refractivity contribution in [1.29, 1.82) is 0 Å². The molecule has 0 aliphatic heterocycles. The number of benzene rings is 2. The first-order valence-corrected chi connectivity index (χ1v) is 7.57. The molecule has 0 aliphatic rings. The van der Waals surface area contributed by atoms with E-state index < -0.39 is 10.5 Å². The predicted molar refractivity (Wildman–Crippen MR) is 78.2 cm³/mol. The summed E-state index contributed by atoms with van der Waals surface area (Å²) >= 11 is 0. The van der Waals surface area contributed by atoms with Gasteiger partial charge >= 0.3 is 0 Å². The van der Waals surface area contributed by atoms with Gasteiger partial charge in [-0.15, -0.1) is 0 Å². The minimum Gasteiger partial charge on any atom is -0.325 e. The molecule has 100 valence electrons. The van der Waals surface area contributed by atoms with E-state index in [2.05, 4.69) is 4.72 Å². The van der Waals surface area contributed by atoms with Crippen LogP contribution in [0.2, 0.25) is 0 Å². The average Bonchev–Trinajstić information content (AvgIpc) is 2.39. The van der Waals surface area contributed by atoms with E-state index in [9.17, 15) is 9.35 Å². The van der Waals surface area contributed by atoms with Crippen LogP contribution in [-0.2, 0) is 4.79 Å². The minimum absolute atomic E-state index is 0.247. The molecular weight excluding hydrogens is 258 g/mol. The molecule has 0 aliphatic carbocycles. The molecule has 0 radical (unpaired) electrons. The molecule has 0 saturated carbocycles. The van der Waals surface area contributed by atoms with Crippen molar-refractivity contribution in [2.45, 2.75) is 23.6 Å². The number of rotatable bonds is 3. The number of hydrogen-bond donors (Lipinski definition) is 2. The van der Waals surface area contributed by atoms with E-state index >= 15 is 0 Å². The van der Waals surface area contributed by atoms with Crippen LogP contribution in [0, 0.1) is 6.92 Å². The summed E-state index contributed by atoms with van der Waals surface area (Å²) in [7, 11) is -2.52. The Morgan fingerprint density at radius 1 is 1.05 bits per heavy atom. The first-order chi connectivity index (χ1) is 9.02. The van der Waals surface area contributed by atoms with Gasteiger partial charge in [0.1, 0.15) is 0 Å². The van der Waals surface area contributed by atoms with Crippen molar-refractivity contribution in [3.05, 3.63) is 60.2 Å². The highest BCUT2D eigenvalue weighted by Crippen LogP contribution is 2.55. The van der Waals surface area contributed by atoms with Gasteiger partial charge in [-0.25, -0.2) is 0 Å². The van der Waals surface area contributed by atoms with E-state index in [0.29, 0.717) is 0 Å². The Kier molecular flexibility index (Phi) is 3.93. The van der Waals surface area contributed by atoms with Gasteiger partial charge in [0.15, 0.2) is 0 Å². The molecule has 0 saturated heterocycles. The number of aryl methyl sites for hydroxylation is 1. The Hall–Kier alpha value is -1.78. The zero-order chi connectivity index (χ0) is 13.9. The molecule has 2 aromatic carbocycles. The molecule has 2 rings (SSSR count). The fraction of sp³-hybridized carbons (Fsp3) is 0.133. The van der Waals surface area contributed by atoms with Crippen molar-refractivity contribution in [3.63, 3.8) is 0 Å². The third-order valence-electron chi connectivity index (χ3n) is 2.71. The SMILES string of the molecule is CC(=O)NS(O)(c1ccccc1)c1cccc(C)c1. The molecule has 0 spiro atoms. The van der Waals surface area contributed by atoms with Gasteiger partial charge in [0.05, 0.1) is 0 Å². The first-order valence-electron chi connectivity index (χ1n) is 5.98. The summed E-state index contributed by atoms with van der Waals surface area (Å²) < 4.78 is 13.7. The highest BCUT2D eigenvalue weighted by molar-refractivity contribution is 8.28. The van der Waals surface area contributed by atoms with Gasteiger partial charge in [0, 0.05) is 16.7 Å². The highest BCUT2D eigenvalue weighted by Gasteiger charge is 2.26. The van der Waals surface area contributed by atoms with Gasteiger partial charge in [-0.1, -0.05) is 30.3 Å². The minimum atomic E-state index is -2.52. The van der Waals surface area contributed by atoms with Crippen molar-refractivity contribution >= 4 is 16.4 Å². The van der Waals surface area contributed by atoms with Gasteiger partial charge in [-0.3, -0.25) is 9.52 Å². The maximum atomic E-state index is 11.4. The summed E-state index contributed by atoms with van der Waals surface area (Å²) in [5.74, 6) is -0.247. The van der Waals surface area contributed by atoms with Crippen LogP contribution in [0.25, 0.3) is 0 Å². The molecule has 2 aromatic rings. The van der Waals surface area contributed by atoms with Crippen LogP contribution in [0.15, 0.2) is 64.4 Å². The zero-order valence-corrected chi connectivity index (χ0v) is 11.8. The number of hydrogen-bond acceptors (Lipinski definition) is 2. The number of carbonyl (C=O) groups is 1. The highest BCUT2D eigenvalue weighted by atomic mass is 32.3. The van der Waals surface area contributed by atoms with Gasteiger partial charge < -0.3 is 4.55 Å². The summed E-state index contributed by atoms with van der Waals surface area (Å²) in [4.78, 5) is 12.9. The third kappa shape index (κ3) is 2.97. The van der Waals surface area contributed by atoms with Crippen LogP contribution >= 0.6 is 10.5 Å². The summed E-state index contributed by atoms with van der Waals surface area (Å²) in [6.45, 7) is 3.37. The molecule has 4 heteroatoms. The van der Waals surface area contributed by atoms with E-state index in [1.54, 1.807) is 0 Å². The molecule has 1 unspecified atom stereocenters. The quantitative estimate of drug-likeness (QED) is 0.896. The molecule has 2 N–H and O–H groups in total. The van der Waals surface area contributed by atoms with Crippen molar-refractivity contribution in [2.24, 2.45) is 0 Å². The van der Waals surface area contributed by atoms with Gasteiger partial charge in [-0.2, -0.15) is 0 Å². The van der Waals surface area contributed by atoms with Crippen LogP contribution in [0.1, 0.15) is 12.5 Å². The van der Waals surface area contributed by atoms with Crippen LogP contribution in [0.3, 0.4) is 0 Å². The van der Waals surface area contributed by atoms with E-state index in [0.717, 1.165) is 15.4 Å². The molecular formula is C15H17NO2S. The zero-order valence-electron chi connectivity index (χ0n) is 11.0. The fourth-order valence-electron chi connectivity index (χ4n) is 1.88. The second-order valence-corrected chi connectivity index (χ2v) is 6.67. The maximum Gasteiger partial charge on any atom is 0.227 e. The molecule has 0 aromatic heterocycles. The lowest BCUT2D eigenvalue weighted by atomic mass is 10.2. The van der Waals surface area contributed by atoms with Crippen LogP contribution < -0.4 is 4.72 Å². The van der Waals surface area contributed by atoms with Crippen molar-refractivity contribution in [1.82, 2.24) is 4.72 Å². The van der Waals surface area contributed by atoms with Crippen LogP contribution in [0.5, 0.6) is 0 Å². The van der Waals surface area contributed by atoms with E-state index in [-0.39, 0.29) is 5.91 Å². The number of amides is 1. The second kappa shape index (κ2) is 5.47. The fourth-order valence-corrected chi connectivity index (χ4v) is 3.99. The molecule has 19 heavy (non-hydrogen) atoms. The Labute approximate surface area is 114 Å². The molecule has 1 atom stereocenters. The summed E-state index contributed by atoms with van der Waals surface area (Å²) in [5.41, 5.74) is 1.05. The molecule has 1 amide bonds. The normalized spacial score (nSPS) is 15.3. The average molecular weight is 275 g/mol. The van der Waals surface area contributed by atoms with Gasteiger partial charge in [0.25, 0.3) is 0 Å². The van der Waals surface area contributed by atoms with Crippen molar-refractivity contribution < 1.29 is 9.35 Å². The smallest absolute Gasteiger partial charge is 0.227 e. The lowest BCUT2D eigenvalue weighted by Gasteiger charge is -2.35. The van der Waals surface area contributed by atoms with E-state index in [4.69, 9.17) is 0 Å². The first kappa shape index (κ1) is 13.6. The van der Waals surface area contributed by atoms with E-state index in [1.807, 2.05) is 61.5 Å². The lowest BCUT2D eigenvalue weighted by Crippen LogP contribution is -2.25. The molecule has 0 bridgehead atoms. The lowest BCUT2D eigenvalue weighted by molar-refractivity contribution is -0.117. The molecule has 0 heterocycles. The van der Waals surface area contributed by atoms with Crippen molar-refractivity contribution in [3.8, 4) is 0 Å². The third-order valence-corrected chi connectivity index (χ3v) is 5.18. The Morgan fingerprint density at radius 3 is 2.26 bits per heavy atom. The summed E-state index contributed by atoms with van der Waals surface area (Å²) in [6, 6.07) is 16.8. The Morgan fingerprint density at radius 2 is 1.68 bits per heavy atom. The summed E-state index contributed by atoms with van der Waals surface area (Å²) in [5, 5.41) is 0. The number of carbonyl (C=O) groups excluding carboxylic acids is 1.